The van der Waals surface area contributed by atoms with Crippen molar-refractivity contribution in [3.8, 4) is 5.69 Å². The molecule has 21 heavy (non-hydrogen) atoms. The van der Waals surface area contributed by atoms with E-state index >= 15 is 0 Å². The van der Waals surface area contributed by atoms with Crippen LogP contribution in [0.3, 0.4) is 0 Å². The molecule has 0 unspecified atom stereocenters. The minimum atomic E-state index is 0.128. The second-order valence-corrected chi connectivity index (χ2v) is 5.72. The van der Waals surface area contributed by atoms with Crippen molar-refractivity contribution < 1.29 is 4.79 Å². The molecule has 0 N–H and O–H groups in total. The number of carbonyl (C=O) groups is 1. The number of amides is 1. The van der Waals surface area contributed by atoms with Gasteiger partial charge in [-0.05, 0) is 31.4 Å². The van der Waals surface area contributed by atoms with E-state index in [4.69, 9.17) is 11.6 Å². The van der Waals surface area contributed by atoms with E-state index in [0.29, 0.717) is 23.3 Å². The molecule has 0 aromatic carbocycles. The number of hydrogen-bond donors (Lipinski definition) is 0. The first-order chi connectivity index (χ1) is 10.1. The highest BCUT2D eigenvalue weighted by Crippen LogP contribution is 2.40. The first kappa shape index (κ1) is 14.1. The van der Waals surface area contributed by atoms with E-state index in [9.17, 15) is 4.79 Å². The summed E-state index contributed by atoms with van der Waals surface area (Å²) in [6, 6.07) is 3.72. The van der Waals surface area contributed by atoms with E-state index in [-0.39, 0.29) is 11.8 Å². The summed E-state index contributed by atoms with van der Waals surface area (Å²) in [6.45, 7) is 4.63. The minimum Gasteiger partial charge on any atom is -0.308 e. The molecular weight excluding hydrogens is 288 g/mol. The third kappa shape index (κ3) is 2.65. The van der Waals surface area contributed by atoms with Gasteiger partial charge in [-0.15, -0.1) is 0 Å². The van der Waals surface area contributed by atoms with Crippen LogP contribution in [0.15, 0.2) is 30.7 Å². The first-order valence-electron chi connectivity index (χ1n) is 7.08. The molecule has 0 radical (unpaired) electrons. The normalized spacial score (nSPS) is 20.3. The zero-order valence-electron chi connectivity index (χ0n) is 12.0. The van der Waals surface area contributed by atoms with Crippen molar-refractivity contribution >= 4 is 23.2 Å². The number of aromatic nitrogens is 3. The topological polar surface area (TPSA) is 51.0 Å². The second-order valence-electron chi connectivity index (χ2n) is 5.36. The SMILES string of the molecule is CCN(C(=O)[C@H]1C[C@@H]1C)c1cn(-c2cccnc2)nc1Cl. The molecule has 1 aliphatic rings. The maximum absolute atomic E-state index is 12.5. The summed E-state index contributed by atoms with van der Waals surface area (Å²) in [5, 5.41) is 4.61. The van der Waals surface area contributed by atoms with Gasteiger partial charge in [0.25, 0.3) is 0 Å². The Morgan fingerprint density at radius 2 is 2.33 bits per heavy atom. The van der Waals surface area contributed by atoms with Crippen LogP contribution >= 0.6 is 11.6 Å². The van der Waals surface area contributed by atoms with Gasteiger partial charge in [0.2, 0.25) is 5.91 Å². The van der Waals surface area contributed by atoms with Crippen molar-refractivity contribution in [1.82, 2.24) is 14.8 Å². The molecule has 6 heteroatoms. The number of hydrogen-bond acceptors (Lipinski definition) is 3. The van der Waals surface area contributed by atoms with E-state index in [1.807, 2.05) is 19.1 Å². The Morgan fingerprint density at radius 1 is 1.57 bits per heavy atom. The smallest absolute Gasteiger partial charge is 0.230 e. The molecule has 1 fully saturated rings. The average Bonchev–Trinajstić information content (AvgIpc) is 3.11. The van der Waals surface area contributed by atoms with Crippen molar-refractivity contribution in [2.75, 3.05) is 11.4 Å². The van der Waals surface area contributed by atoms with Crippen molar-refractivity contribution in [3.63, 3.8) is 0 Å². The Bertz CT molecular complexity index is 655. The summed E-state index contributed by atoms with van der Waals surface area (Å²) in [6.07, 6.45) is 6.15. The van der Waals surface area contributed by atoms with Gasteiger partial charge in [0, 0.05) is 18.7 Å². The van der Waals surface area contributed by atoms with Crippen molar-refractivity contribution in [2.24, 2.45) is 11.8 Å². The largest absolute Gasteiger partial charge is 0.308 e. The van der Waals surface area contributed by atoms with Crippen LogP contribution in [0, 0.1) is 11.8 Å². The molecule has 5 nitrogen and oxygen atoms in total. The Kier molecular flexibility index (Phi) is 3.68. The zero-order valence-corrected chi connectivity index (χ0v) is 12.8. The predicted octanol–water partition coefficient (Wildman–Crippen LogP) is 2.93. The van der Waals surface area contributed by atoms with Crippen molar-refractivity contribution in [1.29, 1.82) is 0 Å². The highest BCUT2D eigenvalue weighted by Gasteiger charge is 2.42. The molecule has 2 heterocycles. The van der Waals surface area contributed by atoms with Crippen LogP contribution in [0.4, 0.5) is 5.69 Å². The standard InChI is InChI=1S/C15H17ClN4O/c1-3-19(15(21)12-7-10(12)2)13-9-20(18-14(13)16)11-5-4-6-17-8-11/h4-6,8-10,12H,3,7H2,1-2H3/t10-,12-/m0/s1. The van der Waals surface area contributed by atoms with Gasteiger partial charge in [0.1, 0.15) is 5.69 Å². The third-order valence-corrected chi connectivity index (χ3v) is 4.13. The summed E-state index contributed by atoms with van der Waals surface area (Å²) >= 11 is 6.23. The molecule has 110 valence electrons. The molecule has 2 aromatic heterocycles. The summed E-state index contributed by atoms with van der Waals surface area (Å²) in [7, 11) is 0. The van der Waals surface area contributed by atoms with Gasteiger partial charge in [-0.1, -0.05) is 18.5 Å². The first-order valence-corrected chi connectivity index (χ1v) is 7.46. The molecular formula is C15H17ClN4O. The van der Waals surface area contributed by atoms with Gasteiger partial charge in [0.15, 0.2) is 5.15 Å². The molecule has 1 saturated carbocycles. The quantitative estimate of drug-likeness (QED) is 0.872. The Morgan fingerprint density at radius 3 is 2.90 bits per heavy atom. The van der Waals surface area contributed by atoms with Crippen LogP contribution < -0.4 is 4.90 Å². The highest BCUT2D eigenvalue weighted by molar-refractivity contribution is 6.32. The van der Waals surface area contributed by atoms with E-state index in [0.717, 1.165) is 12.1 Å². The van der Waals surface area contributed by atoms with Crippen molar-refractivity contribution in [2.45, 2.75) is 20.3 Å². The van der Waals surface area contributed by atoms with E-state index in [1.165, 1.54) is 0 Å². The highest BCUT2D eigenvalue weighted by atomic mass is 35.5. The number of pyridine rings is 1. The monoisotopic (exact) mass is 304 g/mol. The Balaban J connectivity index is 1.91. The van der Waals surface area contributed by atoms with Gasteiger partial charge in [-0.25, -0.2) is 4.68 Å². The van der Waals surface area contributed by atoms with Gasteiger partial charge < -0.3 is 4.90 Å². The lowest BCUT2D eigenvalue weighted by molar-refractivity contribution is -0.120. The lowest BCUT2D eigenvalue weighted by Gasteiger charge is -2.19. The molecule has 2 aromatic rings. The van der Waals surface area contributed by atoms with Crippen LogP contribution in [0.5, 0.6) is 0 Å². The van der Waals surface area contributed by atoms with Crippen molar-refractivity contribution in [3.05, 3.63) is 35.9 Å². The van der Waals surface area contributed by atoms with Gasteiger partial charge in [-0.3, -0.25) is 9.78 Å². The van der Waals surface area contributed by atoms with Crippen LogP contribution in [-0.4, -0.2) is 27.2 Å². The molecule has 1 aliphatic carbocycles. The van der Waals surface area contributed by atoms with Gasteiger partial charge in [0.05, 0.1) is 18.1 Å². The van der Waals surface area contributed by atoms with Gasteiger partial charge in [-0.2, -0.15) is 5.10 Å². The fraction of sp³-hybridized carbons (Fsp3) is 0.400. The summed E-state index contributed by atoms with van der Waals surface area (Å²) in [5.74, 6) is 0.735. The molecule has 0 bridgehead atoms. The van der Waals surface area contributed by atoms with E-state index in [2.05, 4.69) is 17.0 Å². The fourth-order valence-corrected chi connectivity index (χ4v) is 2.69. The average molecular weight is 305 g/mol. The van der Waals surface area contributed by atoms with E-state index in [1.54, 1.807) is 28.2 Å². The molecule has 0 saturated heterocycles. The zero-order chi connectivity index (χ0) is 15.0. The molecule has 3 rings (SSSR count). The predicted molar refractivity (Wildman–Crippen MR) is 81.7 cm³/mol. The lowest BCUT2D eigenvalue weighted by atomic mass is 10.3. The van der Waals surface area contributed by atoms with Crippen LogP contribution in [0.25, 0.3) is 5.69 Å². The van der Waals surface area contributed by atoms with E-state index < -0.39 is 0 Å². The molecule has 0 aliphatic heterocycles. The van der Waals surface area contributed by atoms with Crippen LogP contribution in [0.1, 0.15) is 20.3 Å². The third-order valence-electron chi connectivity index (χ3n) is 3.86. The minimum absolute atomic E-state index is 0.128. The lowest BCUT2D eigenvalue weighted by Crippen LogP contribution is -2.32. The van der Waals surface area contributed by atoms with Gasteiger partial charge >= 0.3 is 0 Å². The maximum Gasteiger partial charge on any atom is 0.230 e. The Labute approximate surface area is 128 Å². The number of halogens is 1. The van der Waals surface area contributed by atoms with Crippen LogP contribution in [0.2, 0.25) is 5.15 Å². The number of carbonyl (C=O) groups excluding carboxylic acids is 1. The molecule has 1 amide bonds. The number of anilines is 1. The maximum atomic E-state index is 12.5. The molecule has 2 atom stereocenters. The molecule has 0 spiro atoms. The summed E-state index contributed by atoms with van der Waals surface area (Å²) < 4.78 is 1.65. The summed E-state index contributed by atoms with van der Waals surface area (Å²) in [5.41, 5.74) is 1.47. The summed E-state index contributed by atoms with van der Waals surface area (Å²) in [4.78, 5) is 18.2. The van der Waals surface area contributed by atoms with Crippen LogP contribution in [-0.2, 0) is 4.79 Å². The number of nitrogens with zero attached hydrogens (tertiary/aromatic N) is 4. The second kappa shape index (κ2) is 5.48. The fourth-order valence-electron chi connectivity index (χ4n) is 2.46. The Hall–Kier alpha value is -1.88. The number of rotatable bonds is 4.